The van der Waals surface area contributed by atoms with Crippen molar-refractivity contribution in [2.75, 3.05) is 13.1 Å². The molecule has 0 saturated carbocycles. The molecular weight excluding hydrogens is 345 g/mol. The van der Waals surface area contributed by atoms with E-state index in [4.69, 9.17) is 0 Å². The largest absolute Gasteiger partial charge is 0.434 e. The summed E-state index contributed by atoms with van der Waals surface area (Å²) in [4.78, 5) is 12.5. The molecule has 2 unspecified atom stereocenters. The van der Waals surface area contributed by atoms with Crippen molar-refractivity contribution < 1.29 is 18.0 Å². The molecule has 26 heavy (non-hydrogen) atoms. The predicted molar refractivity (Wildman–Crippen MR) is 91.2 cm³/mol. The molecule has 1 fully saturated rings. The van der Waals surface area contributed by atoms with Gasteiger partial charge < -0.3 is 10.6 Å². The summed E-state index contributed by atoms with van der Waals surface area (Å²) >= 11 is 0. The molecule has 0 bridgehead atoms. The number of aryl methyl sites for hydroxylation is 1. The minimum Gasteiger partial charge on any atom is -0.349 e. The Kier molecular flexibility index (Phi) is 5.04. The van der Waals surface area contributed by atoms with Crippen LogP contribution in [0.25, 0.3) is 5.69 Å². The first-order valence-corrected chi connectivity index (χ1v) is 8.51. The number of carbonyl (C=O) groups excluding carboxylic acids is 1. The molecule has 2 N–H and O–H groups in total. The second-order valence-electron chi connectivity index (χ2n) is 6.70. The number of rotatable bonds is 3. The van der Waals surface area contributed by atoms with E-state index >= 15 is 0 Å². The van der Waals surface area contributed by atoms with Gasteiger partial charge in [-0.25, -0.2) is 4.68 Å². The number of nitrogens with one attached hydrogen (secondary N) is 2. The van der Waals surface area contributed by atoms with Crippen LogP contribution in [0.5, 0.6) is 0 Å². The molecule has 1 aliphatic rings. The highest BCUT2D eigenvalue weighted by Crippen LogP contribution is 2.33. The third-order valence-electron chi connectivity index (χ3n) is 4.66. The standard InChI is InChI=1S/C18H21F3N4O/c1-11-3-5-13(6-4-11)25-16(18(19,20)21)14(10-23-25)17(26)24-15-7-8-22-9-12(15)2/h3-6,10,12,15,22H,7-9H2,1-2H3,(H,24,26). The maximum atomic E-state index is 13.7. The average molecular weight is 366 g/mol. The zero-order chi connectivity index (χ0) is 18.9. The van der Waals surface area contributed by atoms with Crippen LogP contribution in [-0.4, -0.2) is 34.8 Å². The summed E-state index contributed by atoms with van der Waals surface area (Å²) in [5, 5.41) is 9.77. The van der Waals surface area contributed by atoms with Gasteiger partial charge >= 0.3 is 6.18 Å². The minimum atomic E-state index is -4.70. The van der Waals surface area contributed by atoms with Gasteiger partial charge in [0.25, 0.3) is 5.91 Å². The van der Waals surface area contributed by atoms with Crippen molar-refractivity contribution in [2.24, 2.45) is 5.92 Å². The Morgan fingerprint density at radius 1 is 1.31 bits per heavy atom. The fourth-order valence-electron chi connectivity index (χ4n) is 3.14. The number of hydrogen-bond acceptors (Lipinski definition) is 3. The first-order chi connectivity index (χ1) is 12.3. The van der Waals surface area contributed by atoms with Gasteiger partial charge in [-0.1, -0.05) is 24.6 Å². The number of nitrogens with zero attached hydrogens (tertiary/aromatic N) is 2. The van der Waals surface area contributed by atoms with Crippen LogP contribution in [0.4, 0.5) is 13.2 Å². The van der Waals surface area contributed by atoms with Crippen LogP contribution in [0.15, 0.2) is 30.5 Å². The van der Waals surface area contributed by atoms with Crippen molar-refractivity contribution >= 4 is 5.91 Å². The Balaban J connectivity index is 1.94. The van der Waals surface area contributed by atoms with Gasteiger partial charge in [0.1, 0.15) is 0 Å². The zero-order valence-corrected chi connectivity index (χ0v) is 14.6. The van der Waals surface area contributed by atoms with E-state index < -0.39 is 23.3 Å². The van der Waals surface area contributed by atoms with Crippen LogP contribution in [0.2, 0.25) is 0 Å². The molecule has 0 aliphatic carbocycles. The van der Waals surface area contributed by atoms with Gasteiger partial charge in [0.05, 0.1) is 17.4 Å². The van der Waals surface area contributed by atoms with E-state index in [-0.39, 0.29) is 17.6 Å². The summed E-state index contributed by atoms with van der Waals surface area (Å²) in [5.41, 5.74) is -0.325. The van der Waals surface area contributed by atoms with Crippen molar-refractivity contribution in [3.63, 3.8) is 0 Å². The molecule has 1 amide bonds. The zero-order valence-electron chi connectivity index (χ0n) is 14.6. The summed E-state index contributed by atoms with van der Waals surface area (Å²) in [6.45, 7) is 5.25. The summed E-state index contributed by atoms with van der Waals surface area (Å²) in [6.07, 6.45) is -3.03. The number of piperidine rings is 1. The second kappa shape index (κ2) is 7.11. The molecule has 140 valence electrons. The topological polar surface area (TPSA) is 59.0 Å². The van der Waals surface area contributed by atoms with Gasteiger partial charge in [0, 0.05) is 6.04 Å². The molecule has 1 aliphatic heterocycles. The molecule has 8 heteroatoms. The smallest absolute Gasteiger partial charge is 0.349 e. The van der Waals surface area contributed by atoms with Gasteiger partial charge in [0.2, 0.25) is 0 Å². The van der Waals surface area contributed by atoms with Gasteiger partial charge in [0.15, 0.2) is 5.69 Å². The van der Waals surface area contributed by atoms with Crippen LogP contribution in [0.1, 0.15) is 35.0 Å². The fraction of sp³-hybridized carbons (Fsp3) is 0.444. The van der Waals surface area contributed by atoms with E-state index in [1.807, 2.05) is 13.8 Å². The Morgan fingerprint density at radius 3 is 2.62 bits per heavy atom. The van der Waals surface area contributed by atoms with E-state index in [2.05, 4.69) is 15.7 Å². The first kappa shape index (κ1) is 18.4. The van der Waals surface area contributed by atoms with Crippen LogP contribution >= 0.6 is 0 Å². The molecule has 2 heterocycles. The van der Waals surface area contributed by atoms with E-state index in [0.29, 0.717) is 6.42 Å². The normalized spacial score (nSPS) is 20.8. The highest BCUT2D eigenvalue weighted by molar-refractivity contribution is 5.95. The predicted octanol–water partition coefficient (Wildman–Crippen LogP) is 2.93. The molecule has 2 aromatic rings. The fourth-order valence-corrected chi connectivity index (χ4v) is 3.14. The lowest BCUT2D eigenvalue weighted by atomic mass is 9.95. The summed E-state index contributed by atoms with van der Waals surface area (Å²) in [5.74, 6) is -0.594. The van der Waals surface area contributed by atoms with Crippen molar-refractivity contribution in [1.82, 2.24) is 20.4 Å². The van der Waals surface area contributed by atoms with Gasteiger partial charge in [-0.15, -0.1) is 0 Å². The number of alkyl halides is 3. The Bertz CT molecular complexity index is 783. The Labute approximate surface area is 149 Å². The highest BCUT2D eigenvalue weighted by Gasteiger charge is 2.41. The van der Waals surface area contributed by atoms with Crippen LogP contribution < -0.4 is 10.6 Å². The third-order valence-corrected chi connectivity index (χ3v) is 4.66. The molecule has 1 aromatic carbocycles. The minimum absolute atomic E-state index is 0.147. The Morgan fingerprint density at radius 2 is 2.00 bits per heavy atom. The number of amides is 1. The molecule has 2 atom stereocenters. The molecule has 0 spiro atoms. The maximum absolute atomic E-state index is 13.7. The van der Waals surface area contributed by atoms with Crippen molar-refractivity contribution in [3.05, 3.63) is 47.3 Å². The van der Waals surface area contributed by atoms with Crippen molar-refractivity contribution in [2.45, 2.75) is 32.5 Å². The van der Waals surface area contributed by atoms with Gasteiger partial charge in [-0.2, -0.15) is 18.3 Å². The molecule has 5 nitrogen and oxygen atoms in total. The first-order valence-electron chi connectivity index (χ1n) is 8.51. The lowest BCUT2D eigenvalue weighted by Crippen LogP contribution is -2.48. The SMILES string of the molecule is Cc1ccc(-n2ncc(C(=O)NC3CCNCC3C)c2C(F)(F)F)cc1. The number of benzene rings is 1. The maximum Gasteiger partial charge on any atom is 0.434 e. The molecular formula is C18H21F3N4O. The van der Waals surface area contributed by atoms with Gasteiger partial charge in [-0.05, 0) is 44.5 Å². The summed E-state index contributed by atoms with van der Waals surface area (Å²) < 4.78 is 41.8. The highest BCUT2D eigenvalue weighted by atomic mass is 19.4. The number of hydrogen-bond donors (Lipinski definition) is 2. The monoisotopic (exact) mass is 366 g/mol. The molecule has 1 saturated heterocycles. The lowest BCUT2D eigenvalue weighted by molar-refractivity contribution is -0.143. The van der Waals surface area contributed by atoms with Crippen molar-refractivity contribution in [1.29, 1.82) is 0 Å². The van der Waals surface area contributed by atoms with E-state index in [9.17, 15) is 18.0 Å². The molecule has 3 rings (SSSR count). The van der Waals surface area contributed by atoms with Crippen LogP contribution in [0.3, 0.4) is 0 Å². The van der Waals surface area contributed by atoms with Gasteiger partial charge in [-0.3, -0.25) is 4.79 Å². The van der Waals surface area contributed by atoms with Crippen LogP contribution in [-0.2, 0) is 6.18 Å². The molecule has 0 radical (unpaired) electrons. The van der Waals surface area contributed by atoms with E-state index in [1.165, 1.54) is 0 Å². The quantitative estimate of drug-likeness (QED) is 0.878. The summed E-state index contributed by atoms with van der Waals surface area (Å²) in [6, 6.07) is 6.34. The number of carbonyl (C=O) groups is 1. The van der Waals surface area contributed by atoms with Crippen molar-refractivity contribution in [3.8, 4) is 5.69 Å². The lowest BCUT2D eigenvalue weighted by Gasteiger charge is -2.30. The summed E-state index contributed by atoms with van der Waals surface area (Å²) in [7, 11) is 0. The average Bonchev–Trinajstić information content (AvgIpc) is 3.03. The number of halogens is 3. The van der Waals surface area contributed by atoms with E-state index in [1.54, 1.807) is 24.3 Å². The third kappa shape index (κ3) is 3.75. The van der Waals surface area contributed by atoms with Crippen LogP contribution in [0, 0.1) is 12.8 Å². The molecule has 1 aromatic heterocycles. The Hall–Kier alpha value is -2.35. The number of aromatic nitrogens is 2. The van der Waals surface area contributed by atoms with E-state index in [0.717, 1.165) is 29.5 Å². The second-order valence-corrected chi connectivity index (χ2v) is 6.70.